The summed E-state index contributed by atoms with van der Waals surface area (Å²) in [4.78, 5) is 4.68. The number of para-hydroxylation sites is 1. The highest BCUT2D eigenvalue weighted by molar-refractivity contribution is 5.49. The fourth-order valence-electron chi connectivity index (χ4n) is 2.97. The van der Waals surface area contributed by atoms with E-state index in [0.29, 0.717) is 0 Å². The molecule has 0 amide bonds. The molecule has 1 aliphatic heterocycles. The Kier molecular flexibility index (Phi) is 5.35. The zero-order valence-electron chi connectivity index (χ0n) is 13.9. The first kappa shape index (κ1) is 15.7. The molecule has 0 saturated heterocycles. The first-order chi connectivity index (χ1) is 11.3. The summed E-state index contributed by atoms with van der Waals surface area (Å²) in [5.74, 6) is 0. The third-order valence-corrected chi connectivity index (χ3v) is 4.27. The van der Waals surface area contributed by atoms with Gasteiger partial charge < -0.3 is 9.80 Å². The van der Waals surface area contributed by atoms with Crippen LogP contribution in [0.5, 0.6) is 0 Å². The first-order valence-electron chi connectivity index (χ1n) is 8.56. The average Bonchev–Trinajstić information content (AvgIpc) is 3.21. The molecule has 4 heteroatoms. The van der Waals surface area contributed by atoms with Gasteiger partial charge in [0.15, 0.2) is 0 Å². The predicted molar refractivity (Wildman–Crippen MR) is 95.1 cm³/mol. The lowest BCUT2D eigenvalue weighted by Crippen LogP contribution is -2.25. The van der Waals surface area contributed by atoms with E-state index in [1.807, 2.05) is 0 Å². The minimum Gasteiger partial charge on any atom is -0.358 e. The molecule has 2 heterocycles. The summed E-state index contributed by atoms with van der Waals surface area (Å²) in [6, 6.07) is 12.7. The van der Waals surface area contributed by atoms with Crippen molar-refractivity contribution in [3.8, 4) is 0 Å². The summed E-state index contributed by atoms with van der Waals surface area (Å²) in [5, 5.41) is 7.29. The molecule has 4 nitrogen and oxygen atoms in total. The Morgan fingerprint density at radius 3 is 2.65 bits per heavy atom. The van der Waals surface area contributed by atoms with Gasteiger partial charge in [0.1, 0.15) is 0 Å². The Hall–Kier alpha value is -2.23. The number of aromatic nitrogens is 2. The molecule has 1 aliphatic rings. The largest absolute Gasteiger partial charge is 0.358 e. The van der Waals surface area contributed by atoms with E-state index in [-0.39, 0.29) is 0 Å². The molecule has 1 aromatic carbocycles. The standard InChI is InChI=1S/C19H26N4/c1-17-15-18(21-20-17)9-5-2-3-8-12-22-13-14-23(16-22)19-10-6-4-7-11-19/h4,6-7,10-11,13-15H,2-3,5,8-9,12,16H2,1H3,(H,20,21). The van der Waals surface area contributed by atoms with Crippen LogP contribution in [-0.2, 0) is 6.42 Å². The lowest BCUT2D eigenvalue weighted by molar-refractivity contribution is 0.389. The second-order valence-electron chi connectivity index (χ2n) is 6.26. The van der Waals surface area contributed by atoms with E-state index in [0.717, 1.165) is 25.3 Å². The molecule has 2 aromatic rings. The maximum absolute atomic E-state index is 4.29. The summed E-state index contributed by atoms with van der Waals surface area (Å²) in [6.07, 6.45) is 10.5. The number of H-pyrrole nitrogens is 1. The molecular weight excluding hydrogens is 284 g/mol. The van der Waals surface area contributed by atoms with Crippen LogP contribution >= 0.6 is 0 Å². The number of aromatic amines is 1. The van der Waals surface area contributed by atoms with Gasteiger partial charge in [0.2, 0.25) is 0 Å². The van der Waals surface area contributed by atoms with Crippen molar-refractivity contribution in [2.45, 2.75) is 39.0 Å². The summed E-state index contributed by atoms with van der Waals surface area (Å²) in [6.45, 7) is 4.16. The van der Waals surface area contributed by atoms with Gasteiger partial charge in [0, 0.05) is 30.3 Å². The van der Waals surface area contributed by atoms with Crippen molar-refractivity contribution in [1.29, 1.82) is 0 Å². The summed E-state index contributed by atoms with van der Waals surface area (Å²) in [5.41, 5.74) is 3.62. The monoisotopic (exact) mass is 310 g/mol. The molecule has 0 bridgehead atoms. The second-order valence-corrected chi connectivity index (χ2v) is 6.26. The maximum atomic E-state index is 4.29. The van der Waals surface area contributed by atoms with Gasteiger partial charge in [-0.05, 0) is 44.4 Å². The Labute approximate surface area is 138 Å². The minimum atomic E-state index is 0.969. The van der Waals surface area contributed by atoms with E-state index in [2.05, 4.69) is 75.7 Å². The van der Waals surface area contributed by atoms with Gasteiger partial charge in [0.05, 0.1) is 12.4 Å². The molecule has 0 spiro atoms. The zero-order chi connectivity index (χ0) is 15.9. The molecule has 3 rings (SSSR count). The third kappa shape index (κ3) is 4.62. The van der Waals surface area contributed by atoms with Crippen LogP contribution in [0.1, 0.15) is 37.1 Å². The molecule has 122 valence electrons. The Morgan fingerprint density at radius 2 is 1.87 bits per heavy atom. The van der Waals surface area contributed by atoms with Crippen molar-refractivity contribution in [2.75, 3.05) is 18.1 Å². The van der Waals surface area contributed by atoms with E-state index in [1.54, 1.807) is 0 Å². The van der Waals surface area contributed by atoms with Crippen LogP contribution in [0, 0.1) is 6.92 Å². The fourth-order valence-corrected chi connectivity index (χ4v) is 2.97. The molecule has 1 aromatic heterocycles. The lowest BCUT2D eigenvalue weighted by atomic mass is 10.1. The molecular formula is C19H26N4. The number of nitrogens with zero attached hydrogens (tertiary/aromatic N) is 3. The maximum Gasteiger partial charge on any atom is 0.0941 e. The smallest absolute Gasteiger partial charge is 0.0941 e. The van der Waals surface area contributed by atoms with Crippen LogP contribution in [0.3, 0.4) is 0 Å². The zero-order valence-corrected chi connectivity index (χ0v) is 13.9. The van der Waals surface area contributed by atoms with Crippen molar-refractivity contribution < 1.29 is 0 Å². The summed E-state index contributed by atoms with van der Waals surface area (Å²) >= 11 is 0. The van der Waals surface area contributed by atoms with Gasteiger partial charge in [-0.2, -0.15) is 5.10 Å². The second kappa shape index (κ2) is 7.86. The topological polar surface area (TPSA) is 35.2 Å². The minimum absolute atomic E-state index is 0.969. The van der Waals surface area contributed by atoms with Crippen LogP contribution in [0.15, 0.2) is 48.8 Å². The number of benzene rings is 1. The molecule has 23 heavy (non-hydrogen) atoms. The summed E-state index contributed by atoms with van der Waals surface area (Å²) < 4.78 is 0. The number of nitrogens with one attached hydrogen (secondary N) is 1. The van der Waals surface area contributed by atoms with Gasteiger partial charge >= 0.3 is 0 Å². The van der Waals surface area contributed by atoms with Crippen molar-refractivity contribution in [3.05, 3.63) is 60.2 Å². The SMILES string of the molecule is Cc1cc(CCCCCCN2C=CN(c3ccccc3)C2)n[nH]1. The number of rotatable bonds is 8. The van der Waals surface area contributed by atoms with Crippen LogP contribution < -0.4 is 4.90 Å². The van der Waals surface area contributed by atoms with Gasteiger partial charge in [0.25, 0.3) is 0 Å². The fraction of sp³-hybridized carbons (Fsp3) is 0.421. The van der Waals surface area contributed by atoms with E-state index < -0.39 is 0 Å². The number of anilines is 1. The van der Waals surface area contributed by atoms with E-state index in [4.69, 9.17) is 0 Å². The van der Waals surface area contributed by atoms with Crippen LogP contribution in [-0.4, -0.2) is 28.3 Å². The molecule has 0 atom stereocenters. The lowest BCUT2D eigenvalue weighted by Gasteiger charge is -2.21. The number of hydrogen-bond donors (Lipinski definition) is 1. The van der Waals surface area contributed by atoms with Gasteiger partial charge in [-0.15, -0.1) is 0 Å². The van der Waals surface area contributed by atoms with Crippen LogP contribution in [0.2, 0.25) is 0 Å². The highest BCUT2D eigenvalue weighted by Crippen LogP contribution is 2.19. The van der Waals surface area contributed by atoms with Crippen molar-refractivity contribution in [2.24, 2.45) is 0 Å². The van der Waals surface area contributed by atoms with Crippen LogP contribution in [0.4, 0.5) is 5.69 Å². The third-order valence-electron chi connectivity index (χ3n) is 4.27. The normalized spacial score (nSPS) is 14.0. The molecule has 0 aliphatic carbocycles. The van der Waals surface area contributed by atoms with E-state index in [1.165, 1.54) is 37.1 Å². The highest BCUT2D eigenvalue weighted by Gasteiger charge is 2.12. The molecule has 1 N–H and O–H groups in total. The molecule has 0 saturated carbocycles. The van der Waals surface area contributed by atoms with Crippen molar-refractivity contribution >= 4 is 5.69 Å². The van der Waals surface area contributed by atoms with Gasteiger partial charge in [-0.3, -0.25) is 5.10 Å². The quantitative estimate of drug-likeness (QED) is 0.746. The number of hydrogen-bond acceptors (Lipinski definition) is 3. The number of unbranched alkanes of at least 4 members (excludes halogenated alkanes) is 3. The number of aryl methyl sites for hydroxylation is 2. The van der Waals surface area contributed by atoms with E-state index in [9.17, 15) is 0 Å². The molecule has 0 unspecified atom stereocenters. The Bertz CT molecular complexity index is 617. The van der Waals surface area contributed by atoms with Crippen molar-refractivity contribution in [1.82, 2.24) is 15.1 Å². The predicted octanol–water partition coefficient (Wildman–Crippen LogP) is 4.07. The van der Waals surface area contributed by atoms with Crippen LogP contribution in [0.25, 0.3) is 0 Å². The highest BCUT2D eigenvalue weighted by atomic mass is 15.3. The summed E-state index contributed by atoms with van der Waals surface area (Å²) in [7, 11) is 0. The molecule has 0 radical (unpaired) electrons. The molecule has 0 fully saturated rings. The van der Waals surface area contributed by atoms with Crippen molar-refractivity contribution in [3.63, 3.8) is 0 Å². The Morgan fingerprint density at radius 1 is 1.04 bits per heavy atom. The first-order valence-corrected chi connectivity index (χ1v) is 8.56. The van der Waals surface area contributed by atoms with E-state index >= 15 is 0 Å². The Balaban J connectivity index is 1.28. The van der Waals surface area contributed by atoms with Gasteiger partial charge in [-0.1, -0.05) is 31.0 Å². The van der Waals surface area contributed by atoms with Gasteiger partial charge in [-0.25, -0.2) is 0 Å². The average molecular weight is 310 g/mol.